The van der Waals surface area contributed by atoms with Crippen molar-refractivity contribution in [2.75, 3.05) is 19.3 Å². The lowest BCUT2D eigenvalue weighted by atomic mass is 10.2. The van der Waals surface area contributed by atoms with Crippen molar-refractivity contribution in [1.82, 2.24) is 4.31 Å². The number of unbranched alkanes of at least 4 members (excludes halogenated alkanes) is 2. The molecule has 18 heavy (non-hydrogen) atoms. The maximum absolute atomic E-state index is 12.2. The quantitative estimate of drug-likeness (QED) is 0.642. The molecule has 0 amide bonds. The van der Waals surface area contributed by atoms with Crippen LogP contribution in [-0.2, 0) is 10.0 Å². The standard InChI is InChI=1S/C12H19BrN2O2S/c1-3-4-5-8-15(2)18(16,17)10-6-7-11(13)12(14)9-10/h6-7,9H,3-5,8,14H2,1-2H3. The highest BCUT2D eigenvalue weighted by Gasteiger charge is 2.20. The van der Waals surface area contributed by atoms with Crippen LogP contribution in [0.3, 0.4) is 0 Å². The summed E-state index contributed by atoms with van der Waals surface area (Å²) in [6, 6.07) is 4.70. The highest BCUT2D eigenvalue weighted by Crippen LogP contribution is 2.24. The Morgan fingerprint density at radius 3 is 2.56 bits per heavy atom. The summed E-state index contributed by atoms with van der Waals surface area (Å²) in [6.45, 7) is 2.62. The van der Waals surface area contributed by atoms with Crippen molar-refractivity contribution in [2.45, 2.75) is 31.1 Å². The van der Waals surface area contributed by atoms with E-state index in [1.54, 1.807) is 19.2 Å². The van der Waals surface area contributed by atoms with Crippen molar-refractivity contribution in [1.29, 1.82) is 0 Å². The van der Waals surface area contributed by atoms with Crippen molar-refractivity contribution in [2.24, 2.45) is 0 Å². The summed E-state index contributed by atoms with van der Waals surface area (Å²) in [4.78, 5) is 0.238. The zero-order valence-electron chi connectivity index (χ0n) is 10.7. The second-order valence-electron chi connectivity index (χ2n) is 4.22. The molecule has 0 radical (unpaired) electrons. The molecule has 2 N–H and O–H groups in total. The number of nitrogens with zero attached hydrogens (tertiary/aromatic N) is 1. The van der Waals surface area contributed by atoms with E-state index < -0.39 is 10.0 Å². The van der Waals surface area contributed by atoms with Crippen molar-refractivity contribution in [3.8, 4) is 0 Å². The molecule has 0 unspecified atom stereocenters. The lowest BCUT2D eigenvalue weighted by Crippen LogP contribution is -2.28. The molecule has 6 heteroatoms. The molecule has 1 aromatic rings. The number of sulfonamides is 1. The van der Waals surface area contributed by atoms with E-state index in [2.05, 4.69) is 22.9 Å². The summed E-state index contributed by atoms with van der Waals surface area (Å²) < 4.78 is 26.6. The Labute approximate surface area is 117 Å². The molecule has 0 bridgehead atoms. The van der Waals surface area contributed by atoms with Gasteiger partial charge in [-0.05, 0) is 40.5 Å². The molecule has 0 aromatic heterocycles. The van der Waals surface area contributed by atoms with Gasteiger partial charge in [0.2, 0.25) is 10.0 Å². The Hall–Kier alpha value is -0.590. The van der Waals surface area contributed by atoms with E-state index in [1.165, 1.54) is 10.4 Å². The third-order valence-electron chi connectivity index (χ3n) is 2.75. The highest BCUT2D eigenvalue weighted by atomic mass is 79.9. The fraction of sp³-hybridized carbons (Fsp3) is 0.500. The minimum absolute atomic E-state index is 0.238. The van der Waals surface area contributed by atoms with Gasteiger partial charge in [0.25, 0.3) is 0 Å². The molecule has 0 aliphatic rings. The first-order chi connectivity index (χ1) is 8.39. The first-order valence-corrected chi connectivity index (χ1v) is 8.14. The molecule has 4 nitrogen and oxygen atoms in total. The number of anilines is 1. The zero-order valence-corrected chi connectivity index (χ0v) is 13.1. The van der Waals surface area contributed by atoms with Crippen molar-refractivity contribution >= 4 is 31.6 Å². The van der Waals surface area contributed by atoms with Crippen molar-refractivity contribution < 1.29 is 8.42 Å². The predicted octanol–water partition coefficient (Wildman–Crippen LogP) is 2.84. The van der Waals surface area contributed by atoms with Crippen LogP contribution in [0.2, 0.25) is 0 Å². The van der Waals surface area contributed by atoms with Gasteiger partial charge in [-0.1, -0.05) is 19.8 Å². The summed E-state index contributed by atoms with van der Waals surface area (Å²) in [7, 11) is -1.83. The maximum Gasteiger partial charge on any atom is 0.242 e. The van der Waals surface area contributed by atoms with E-state index >= 15 is 0 Å². The van der Waals surface area contributed by atoms with E-state index in [0.717, 1.165) is 19.3 Å². The van der Waals surface area contributed by atoms with E-state index in [0.29, 0.717) is 16.7 Å². The molecule has 1 rings (SSSR count). The number of benzene rings is 1. The zero-order chi connectivity index (χ0) is 13.8. The highest BCUT2D eigenvalue weighted by molar-refractivity contribution is 9.10. The molecule has 1 aromatic carbocycles. The van der Waals surface area contributed by atoms with Gasteiger partial charge in [-0.25, -0.2) is 12.7 Å². The summed E-state index contributed by atoms with van der Waals surface area (Å²) in [6.07, 6.45) is 2.97. The van der Waals surface area contributed by atoms with Crippen LogP contribution in [0.4, 0.5) is 5.69 Å². The van der Waals surface area contributed by atoms with E-state index in [1.807, 2.05) is 0 Å². The van der Waals surface area contributed by atoms with Crippen LogP contribution in [0.15, 0.2) is 27.6 Å². The largest absolute Gasteiger partial charge is 0.398 e. The summed E-state index contributed by atoms with van der Waals surface area (Å²) in [5.41, 5.74) is 6.14. The van der Waals surface area contributed by atoms with Gasteiger partial charge in [0, 0.05) is 23.8 Å². The molecule has 0 spiro atoms. The summed E-state index contributed by atoms with van der Waals surface area (Å²) in [5.74, 6) is 0. The van der Waals surface area contributed by atoms with Crippen LogP contribution in [0.1, 0.15) is 26.2 Å². The summed E-state index contributed by atoms with van der Waals surface area (Å²) in [5, 5.41) is 0. The van der Waals surface area contributed by atoms with Gasteiger partial charge >= 0.3 is 0 Å². The minimum atomic E-state index is -3.43. The van der Waals surface area contributed by atoms with Gasteiger partial charge < -0.3 is 5.73 Å². The number of halogens is 1. The van der Waals surface area contributed by atoms with E-state index in [-0.39, 0.29) is 4.90 Å². The number of hydrogen-bond acceptors (Lipinski definition) is 3. The SMILES string of the molecule is CCCCCN(C)S(=O)(=O)c1ccc(Br)c(N)c1. The fourth-order valence-electron chi connectivity index (χ4n) is 1.57. The Kier molecular flexibility index (Phi) is 5.62. The molecular weight excluding hydrogens is 316 g/mol. The van der Waals surface area contributed by atoms with Crippen LogP contribution in [-0.4, -0.2) is 26.3 Å². The smallest absolute Gasteiger partial charge is 0.242 e. The Balaban J connectivity index is 2.88. The van der Waals surface area contributed by atoms with Gasteiger partial charge in [0.15, 0.2) is 0 Å². The van der Waals surface area contributed by atoms with Crippen LogP contribution >= 0.6 is 15.9 Å². The monoisotopic (exact) mass is 334 g/mol. The first kappa shape index (κ1) is 15.5. The topological polar surface area (TPSA) is 63.4 Å². The van der Waals surface area contributed by atoms with Crippen molar-refractivity contribution in [3.63, 3.8) is 0 Å². The Morgan fingerprint density at radius 2 is 2.00 bits per heavy atom. The average molecular weight is 335 g/mol. The van der Waals surface area contributed by atoms with Crippen LogP contribution < -0.4 is 5.73 Å². The normalized spacial score (nSPS) is 12.0. The van der Waals surface area contributed by atoms with Gasteiger partial charge in [0.05, 0.1) is 4.90 Å². The second kappa shape index (κ2) is 6.54. The number of hydrogen-bond donors (Lipinski definition) is 1. The number of nitrogen functional groups attached to an aromatic ring is 1. The first-order valence-electron chi connectivity index (χ1n) is 5.91. The van der Waals surface area contributed by atoms with Gasteiger partial charge in [0.1, 0.15) is 0 Å². The third kappa shape index (κ3) is 3.70. The summed E-state index contributed by atoms with van der Waals surface area (Å²) >= 11 is 3.25. The van der Waals surface area contributed by atoms with Crippen LogP contribution in [0, 0.1) is 0 Å². The molecule has 102 valence electrons. The molecule has 0 heterocycles. The van der Waals surface area contributed by atoms with Crippen molar-refractivity contribution in [3.05, 3.63) is 22.7 Å². The van der Waals surface area contributed by atoms with Gasteiger partial charge in [-0.2, -0.15) is 0 Å². The number of rotatable bonds is 6. The van der Waals surface area contributed by atoms with Crippen LogP contribution in [0.5, 0.6) is 0 Å². The third-order valence-corrected chi connectivity index (χ3v) is 5.33. The Bertz CT molecular complexity index is 503. The lowest BCUT2D eigenvalue weighted by Gasteiger charge is -2.17. The predicted molar refractivity (Wildman–Crippen MR) is 77.9 cm³/mol. The van der Waals surface area contributed by atoms with Gasteiger partial charge in [-0.15, -0.1) is 0 Å². The number of nitrogens with two attached hydrogens (primary N) is 1. The van der Waals surface area contributed by atoms with E-state index in [4.69, 9.17) is 5.73 Å². The van der Waals surface area contributed by atoms with Crippen LogP contribution in [0.25, 0.3) is 0 Å². The molecule has 0 saturated heterocycles. The lowest BCUT2D eigenvalue weighted by molar-refractivity contribution is 0.454. The molecule has 0 atom stereocenters. The van der Waals surface area contributed by atoms with E-state index in [9.17, 15) is 8.42 Å². The van der Waals surface area contributed by atoms with Gasteiger partial charge in [-0.3, -0.25) is 0 Å². The average Bonchev–Trinajstić information content (AvgIpc) is 2.32. The molecule has 0 fully saturated rings. The molecule has 0 saturated carbocycles. The Morgan fingerprint density at radius 1 is 1.33 bits per heavy atom. The maximum atomic E-state index is 12.2. The molecule has 0 aliphatic carbocycles. The second-order valence-corrected chi connectivity index (χ2v) is 7.12. The molecular formula is C12H19BrN2O2S. The fourth-order valence-corrected chi connectivity index (χ4v) is 3.06. The minimum Gasteiger partial charge on any atom is -0.398 e. The molecule has 0 aliphatic heterocycles.